The van der Waals surface area contributed by atoms with Gasteiger partial charge in [-0.15, -0.1) is 0 Å². The maximum Gasteiger partial charge on any atom is 0.243 e. The van der Waals surface area contributed by atoms with E-state index in [1.54, 1.807) is 13.8 Å². The molecule has 1 spiro atoms. The molecular formula is C17H24FNO4S. The van der Waals surface area contributed by atoms with Crippen molar-refractivity contribution in [1.82, 2.24) is 4.31 Å². The molecule has 0 aliphatic carbocycles. The lowest BCUT2D eigenvalue weighted by Gasteiger charge is -2.47. The summed E-state index contributed by atoms with van der Waals surface area (Å²) in [5.41, 5.74) is -0.796. The summed E-state index contributed by atoms with van der Waals surface area (Å²) in [7, 11) is -3.71. The first-order valence-electron chi connectivity index (χ1n) is 8.26. The van der Waals surface area contributed by atoms with Gasteiger partial charge in [0.05, 0.1) is 22.7 Å². The van der Waals surface area contributed by atoms with Crippen molar-refractivity contribution in [3.63, 3.8) is 0 Å². The lowest BCUT2D eigenvalue weighted by atomic mass is 9.78. The monoisotopic (exact) mass is 357 g/mol. The van der Waals surface area contributed by atoms with Gasteiger partial charge in [-0.3, -0.25) is 0 Å². The van der Waals surface area contributed by atoms with Crippen LogP contribution in [0.2, 0.25) is 0 Å². The van der Waals surface area contributed by atoms with Crippen LogP contribution in [-0.2, 0) is 14.8 Å². The molecule has 2 aliphatic rings. The molecule has 0 radical (unpaired) electrons. The van der Waals surface area contributed by atoms with E-state index in [-0.39, 0.29) is 4.90 Å². The topological polar surface area (TPSA) is 66.8 Å². The first-order chi connectivity index (χ1) is 11.1. The molecule has 7 heteroatoms. The van der Waals surface area contributed by atoms with Crippen molar-refractivity contribution in [2.24, 2.45) is 0 Å². The third-order valence-corrected chi connectivity index (χ3v) is 7.06. The van der Waals surface area contributed by atoms with E-state index in [0.29, 0.717) is 50.9 Å². The maximum atomic E-state index is 13.7. The van der Waals surface area contributed by atoms with E-state index < -0.39 is 27.0 Å². The zero-order valence-electron chi connectivity index (χ0n) is 14.1. The van der Waals surface area contributed by atoms with Crippen LogP contribution >= 0.6 is 0 Å². The molecule has 1 N–H and O–H groups in total. The molecular weight excluding hydrogens is 333 g/mol. The molecule has 0 amide bonds. The number of piperidine rings is 1. The standard InChI is InChI=1S/C17H24FNO4S/c1-13-3-4-14(11-15(13)18)24(21,22)19-8-5-17(6-9-19)12-16(2,20)7-10-23-17/h3-4,11,20H,5-10,12H2,1-2H3. The first kappa shape index (κ1) is 17.8. The Balaban J connectivity index is 1.75. The van der Waals surface area contributed by atoms with Crippen molar-refractivity contribution in [2.75, 3.05) is 19.7 Å². The number of aliphatic hydroxyl groups is 1. The van der Waals surface area contributed by atoms with Crippen LogP contribution < -0.4 is 0 Å². The molecule has 2 aliphatic heterocycles. The molecule has 3 rings (SSSR count). The Morgan fingerprint density at radius 3 is 2.50 bits per heavy atom. The first-order valence-corrected chi connectivity index (χ1v) is 9.70. The molecule has 1 unspecified atom stereocenters. The summed E-state index contributed by atoms with van der Waals surface area (Å²) in [5, 5.41) is 10.3. The minimum Gasteiger partial charge on any atom is -0.390 e. The Kier molecular flexibility index (Phi) is 4.49. The summed E-state index contributed by atoms with van der Waals surface area (Å²) in [6, 6.07) is 4.01. The molecule has 1 aromatic rings. The molecule has 0 aromatic heterocycles. The Bertz CT molecular complexity index is 724. The van der Waals surface area contributed by atoms with Gasteiger partial charge in [-0.2, -0.15) is 4.31 Å². The number of halogens is 1. The van der Waals surface area contributed by atoms with Crippen LogP contribution in [0.15, 0.2) is 23.1 Å². The summed E-state index contributed by atoms with van der Waals surface area (Å²) in [5.74, 6) is -0.517. The van der Waals surface area contributed by atoms with Crippen LogP contribution in [0.25, 0.3) is 0 Å². The van der Waals surface area contributed by atoms with E-state index in [9.17, 15) is 17.9 Å². The molecule has 2 saturated heterocycles. The minimum absolute atomic E-state index is 0.0156. The van der Waals surface area contributed by atoms with Crippen LogP contribution in [0, 0.1) is 12.7 Å². The average Bonchev–Trinajstić information content (AvgIpc) is 2.49. The number of ether oxygens (including phenoxy) is 1. The van der Waals surface area contributed by atoms with Crippen molar-refractivity contribution >= 4 is 10.0 Å². The van der Waals surface area contributed by atoms with E-state index in [2.05, 4.69) is 0 Å². The molecule has 0 bridgehead atoms. The number of nitrogens with zero attached hydrogens (tertiary/aromatic N) is 1. The highest BCUT2D eigenvalue weighted by atomic mass is 32.2. The fourth-order valence-electron chi connectivity index (χ4n) is 3.66. The van der Waals surface area contributed by atoms with E-state index >= 15 is 0 Å². The fraction of sp³-hybridized carbons (Fsp3) is 0.647. The lowest BCUT2D eigenvalue weighted by molar-refractivity contribution is -0.168. The van der Waals surface area contributed by atoms with Crippen molar-refractivity contribution in [2.45, 2.75) is 55.6 Å². The number of aryl methyl sites for hydroxylation is 1. The second-order valence-electron chi connectivity index (χ2n) is 7.27. The number of rotatable bonds is 2. The Morgan fingerprint density at radius 1 is 1.25 bits per heavy atom. The largest absolute Gasteiger partial charge is 0.390 e. The smallest absolute Gasteiger partial charge is 0.243 e. The molecule has 24 heavy (non-hydrogen) atoms. The van der Waals surface area contributed by atoms with Crippen LogP contribution in [0.1, 0.15) is 38.2 Å². The zero-order chi connectivity index (χ0) is 17.6. The third-order valence-electron chi connectivity index (χ3n) is 5.17. The predicted octanol–water partition coefficient (Wildman–Crippen LogP) is 2.22. The second kappa shape index (κ2) is 6.05. The van der Waals surface area contributed by atoms with Crippen molar-refractivity contribution in [1.29, 1.82) is 0 Å². The minimum atomic E-state index is -3.71. The Hall–Kier alpha value is -1.02. The average molecular weight is 357 g/mol. The van der Waals surface area contributed by atoms with Crippen molar-refractivity contribution in [3.8, 4) is 0 Å². The number of hydrogen-bond acceptors (Lipinski definition) is 4. The molecule has 1 atom stereocenters. The summed E-state index contributed by atoms with van der Waals surface area (Å²) in [4.78, 5) is -0.0156. The highest BCUT2D eigenvalue weighted by molar-refractivity contribution is 7.89. The van der Waals surface area contributed by atoms with Gasteiger partial charge >= 0.3 is 0 Å². The molecule has 0 saturated carbocycles. The SMILES string of the molecule is Cc1ccc(S(=O)(=O)N2CCC3(CC2)CC(C)(O)CCO3)cc1F. The molecule has 134 valence electrons. The van der Waals surface area contributed by atoms with Gasteiger partial charge in [0.1, 0.15) is 5.82 Å². The lowest BCUT2D eigenvalue weighted by Crippen LogP contribution is -2.54. The van der Waals surface area contributed by atoms with E-state index in [4.69, 9.17) is 4.74 Å². The highest BCUT2D eigenvalue weighted by Gasteiger charge is 2.46. The molecule has 2 heterocycles. The second-order valence-corrected chi connectivity index (χ2v) is 9.21. The van der Waals surface area contributed by atoms with E-state index in [1.165, 1.54) is 16.4 Å². The zero-order valence-corrected chi connectivity index (χ0v) is 14.9. The van der Waals surface area contributed by atoms with Gasteiger partial charge in [0.25, 0.3) is 0 Å². The van der Waals surface area contributed by atoms with Crippen molar-refractivity contribution in [3.05, 3.63) is 29.6 Å². The van der Waals surface area contributed by atoms with Gasteiger partial charge in [-0.25, -0.2) is 12.8 Å². The van der Waals surface area contributed by atoms with Crippen LogP contribution in [0.4, 0.5) is 4.39 Å². The van der Waals surface area contributed by atoms with Gasteiger partial charge in [-0.05, 0) is 50.8 Å². The normalized spacial score (nSPS) is 28.2. The summed E-state index contributed by atoms with van der Waals surface area (Å²) < 4.78 is 46.4. The number of benzene rings is 1. The van der Waals surface area contributed by atoms with Crippen LogP contribution in [0.5, 0.6) is 0 Å². The van der Waals surface area contributed by atoms with Crippen molar-refractivity contribution < 1.29 is 22.7 Å². The molecule has 2 fully saturated rings. The summed E-state index contributed by atoms with van der Waals surface area (Å²) in [6.45, 7) is 4.52. The van der Waals surface area contributed by atoms with E-state index in [1.807, 2.05) is 0 Å². The van der Waals surface area contributed by atoms with Gasteiger partial charge in [0.2, 0.25) is 10.0 Å². The quantitative estimate of drug-likeness (QED) is 0.881. The van der Waals surface area contributed by atoms with Crippen LogP contribution in [0.3, 0.4) is 0 Å². The van der Waals surface area contributed by atoms with Gasteiger partial charge < -0.3 is 9.84 Å². The van der Waals surface area contributed by atoms with Gasteiger partial charge in [-0.1, -0.05) is 6.07 Å². The van der Waals surface area contributed by atoms with Crippen LogP contribution in [-0.4, -0.2) is 48.7 Å². The Morgan fingerprint density at radius 2 is 1.92 bits per heavy atom. The van der Waals surface area contributed by atoms with E-state index in [0.717, 1.165) is 6.07 Å². The number of hydrogen-bond donors (Lipinski definition) is 1. The molecule has 1 aromatic carbocycles. The number of sulfonamides is 1. The summed E-state index contributed by atoms with van der Waals surface area (Å²) in [6.07, 6.45) is 2.19. The third kappa shape index (κ3) is 3.35. The predicted molar refractivity (Wildman–Crippen MR) is 87.7 cm³/mol. The Labute approximate surface area is 142 Å². The maximum absolute atomic E-state index is 13.7. The summed E-state index contributed by atoms with van der Waals surface area (Å²) >= 11 is 0. The molecule has 5 nitrogen and oxygen atoms in total. The fourth-order valence-corrected chi connectivity index (χ4v) is 5.11. The highest BCUT2D eigenvalue weighted by Crippen LogP contribution is 2.40. The van der Waals surface area contributed by atoms with Gasteiger partial charge in [0, 0.05) is 19.5 Å². The van der Waals surface area contributed by atoms with Gasteiger partial charge in [0.15, 0.2) is 0 Å².